The zero-order chi connectivity index (χ0) is 29.4. The van der Waals surface area contributed by atoms with Crippen LogP contribution >= 0.6 is 0 Å². The number of amides is 1. The van der Waals surface area contributed by atoms with Crippen LogP contribution in [0.25, 0.3) is 0 Å². The fourth-order valence-corrected chi connectivity index (χ4v) is 2.87. The molecule has 0 bridgehead atoms. The van der Waals surface area contributed by atoms with Crippen LogP contribution in [0.1, 0.15) is 32.1 Å². The van der Waals surface area contributed by atoms with Gasteiger partial charge in [0.2, 0.25) is 0 Å². The van der Waals surface area contributed by atoms with Crippen molar-refractivity contribution < 1.29 is 32.2 Å². The largest absolute Gasteiger partial charge is 0.416 e. The fourth-order valence-electron chi connectivity index (χ4n) is 2.87. The van der Waals surface area contributed by atoms with Gasteiger partial charge in [0.05, 0.1) is 18.4 Å². The van der Waals surface area contributed by atoms with E-state index in [1.807, 2.05) is 12.2 Å². The van der Waals surface area contributed by atoms with Gasteiger partial charge in [0.25, 0.3) is 5.91 Å². The topological polar surface area (TPSA) is 70.9 Å². The van der Waals surface area contributed by atoms with E-state index in [4.69, 9.17) is 4.74 Å². The summed E-state index contributed by atoms with van der Waals surface area (Å²) in [5, 5.41) is 11.9. The number of carbonyl (C=O) groups is 1. The first-order valence-electron chi connectivity index (χ1n) is 12.4. The maximum absolute atomic E-state index is 12.9. The number of hydrogen-bond acceptors (Lipinski definition) is 4. The smallest absolute Gasteiger partial charge is 0.368 e. The number of halogens is 4. The molecule has 1 atom stereocenters. The molecule has 0 aromatic rings. The van der Waals surface area contributed by atoms with E-state index in [1.165, 1.54) is 37.6 Å². The SMILES string of the molecule is C=C/C=C(\C=C\CNC(=O)C(/C=C\CN=C/C(C=C)=C/C=C/F)=C/C/C=C/CCCCC(O)OC)C(F)(F)F. The number of aliphatic hydroxyl groups excluding tert-OH is 1. The Morgan fingerprint density at radius 3 is 2.51 bits per heavy atom. The monoisotopic (exact) mass is 550 g/mol. The molecule has 0 spiro atoms. The number of ether oxygens (including phenoxy) is 1. The molecule has 1 amide bonds. The van der Waals surface area contributed by atoms with Crippen molar-refractivity contribution in [2.24, 2.45) is 4.99 Å². The molecule has 1 unspecified atom stereocenters. The van der Waals surface area contributed by atoms with Gasteiger partial charge < -0.3 is 15.2 Å². The first kappa shape index (κ1) is 35.4. The van der Waals surface area contributed by atoms with E-state index in [1.54, 1.807) is 18.2 Å². The zero-order valence-corrected chi connectivity index (χ0v) is 22.2. The summed E-state index contributed by atoms with van der Waals surface area (Å²) in [6, 6.07) is 0. The second kappa shape index (κ2) is 22.4. The number of aliphatic imine (C=N–C) groups is 1. The molecule has 0 fully saturated rings. The molecule has 2 N–H and O–H groups in total. The summed E-state index contributed by atoms with van der Waals surface area (Å²) in [7, 11) is 1.45. The lowest BCUT2D eigenvalue weighted by molar-refractivity contribution is -0.117. The molecule has 0 saturated heterocycles. The highest BCUT2D eigenvalue weighted by Gasteiger charge is 2.30. The van der Waals surface area contributed by atoms with Crippen molar-refractivity contribution in [3.8, 4) is 0 Å². The Labute approximate surface area is 228 Å². The van der Waals surface area contributed by atoms with Crippen molar-refractivity contribution in [3.05, 3.63) is 109 Å². The minimum absolute atomic E-state index is 0.106. The van der Waals surface area contributed by atoms with Crippen LogP contribution in [-0.4, -0.2) is 49.9 Å². The highest BCUT2D eigenvalue weighted by atomic mass is 19.4. The molecule has 5 nitrogen and oxygen atoms in total. The predicted octanol–water partition coefficient (Wildman–Crippen LogP) is 6.95. The van der Waals surface area contributed by atoms with Crippen molar-refractivity contribution in [2.45, 2.75) is 44.6 Å². The van der Waals surface area contributed by atoms with Gasteiger partial charge in [-0.05, 0) is 43.8 Å². The van der Waals surface area contributed by atoms with Gasteiger partial charge in [-0.3, -0.25) is 9.79 Å². The Balaban J connectivity index is 5.22. The molecule has 0 aromatic carbocycles. The van der Waals surface area contributed by atoms with Gasteiger partial charge in [-0.15, -0.1) is 0 Å². The van der Waals surface area contributed by atoms with Crippen LogP contribution in [0.3, 0.4) is 0 Å². The summed E-state index contributed by atoms with van der Waals surface area (Å²) in [4.78, 5) is 16.8. The summed E-state index contributed by atoms with van der Waals surface area (Å²) < 4.78 is 55.8. The van der Waals surface area contributed by atoms with Crippen molar-refractivity contribution >= 4 is 12.1 Å². The first-order valence-corrected chi connectivity index (χ1v) is 12.4. The molecule has 0 rings (SSSR count). The third kappa shape index (κ3) is 19.2. The summed E-state index contributed by atoms with van der Waals surface area (Å²) in [6.45, 7) is 7.02. The van der Waals surface area contributed by atoms with Crippen molar-refractivity contribution in [1.29, 1.82) is 0 Å². The quantitative estimate of drug-likeness (QED) is 0.0348. The van der Waals surface area contributed by atoms with E-state index >= 15 is 0 Å². The molecule has 0 aliphatic heterocycles. The number of nitrogens with one attached hydrogen (secondary N) is 1. The molecule has 0 radical (unpaired) electrons. The van der Waals surface area contributed by atoms with E-state index in [2.05, 4.69) is 23.5 Å². The van der Waals surface area contributed by atoms with Gasteiger partial charge in [-0.25, -0.2) is 4.39 Å². The molecule has 0 aromatic heterocycles. The molecule has 214 valence electrons. The lowest BCUT2D eigenvalue weighted by Crippen LogP contribution is -2.24. The Morgan fingerprint density at radius 2 is 1.87 bits per heavy atom. The minimum atomic E-state index is -4.53. The van der Waals surface area contributed by atoms with E-state index in [9.17, 15) is 27.5 Å². The van der Waals surface area contributed by atoms with Gasteiger partial charge in [-0.1, -0.05) is 80.0 Å². The first-order chi connectivity index (χ1) is 18.7. The Kier molecular flexibility index (Phi) is 20.4. The molecule has 0 saturated carbocycles. The van der Waals surface area contributed by atoms with Gasteiger partial charge in [0, 0.05) is 25.4 Å². The van der Waals surface area contributed by atoms with Crippen LogP contribution in [-0.2, 0) is 9.53 Å². The number of nitrogens with zero attached hydrogens (tertiary/aromatic N) is 1. The Bertz CT molecular complexity index is 985. The van der Waals surface area contributed by atoms with Crippen molar-refractivity contribution in [3.63, 3.8) is 0 Å². The molecule has 0 heterocycles. The van der Waals surface area contributed by atoms with Crippen LogP contribution in [0, 0.1) is 0 Å². The van der Waals surface area contributed by atoms with Crippen molar-refractivity contribution in [1.82, 2.24) is 5.32 Å². The van der Waals surface area contributed by atoms with Crippen LogP contribution in [0.4, 0.5) is 17.6 Å². The van der Waals surface area contributed by atoms with Crippen LogP contribution < -0.4 is 5.32 Å². The summed E-state index contributed by atoms with van der Waals surface area (Å²) in [6.07, 6.45) is 17.1. The number of alkyl halides is 3. The van der Waals surface area contributed by atoms with Crippen LogP contribution in [0.2, 0.25) is 0 Å². The average Bonchev–Trinajstić information content (AvgIpc) is 2.91. The van der Waals surface area contributed by atoms with Gasteiger partial charge in [-0.2, -0.15) is 13.2 Å². The number of allylic oxidation sites excluding steroid dienone is 11. The van der Waals surface area contributed by atoms with E-state index < -0.39 is 23.9 Å². The van der Waals surface area contributed by atoms with Gasteiger partial charge >= 0.3 is 6.18 Å². The maximum Gasteiger partial charge on any atom is 0.416 e. The lowest BCUT2D eigenvalue weighted by atomic mass is 10.1. The molecule has 9 heteroatoms. The molecular formula is C30H38F4N2O3. The van der Waals surface area contributed by atoms with Gasteiger partial charge in [0.15, 0.2) is 6.29 Å². The minimum Gasteiger partial charge on any atom is -0.368 e. The predicted molar refractivity (Wildman–Crippen MR) is 151 cm³/mol. The normalized spacial score (nSPS) is 14.9. The number of carbonyl (C=O) groups excluding carboxylic acids is 1. The molecule has 0 aliphatic rings. The molecule has 39 heavy (non-hydrogen) atoms. The van der Waals surface area contributed by atoms with E-state index in [0.29, 0.717) is 30.3 Å². The zero-order valence-electron chi connectivity index (χ0n) is 22.2. The molecule has 0 aliphatic carbocycles. The summed E-state index contributed by atoms with van der Waals surface area (Å²) in [5.41, 5.74) is 0.0456. The fraction of sp³-hybridized carbons (Fsp3) is 0.333. The number of methoxy groups -OCH3 is 1. The maximum atomic E-state index is 12.9. The third-order valence-electron chi connectivity index (χ3n) is 4.89. The molecular weight excluding hydrogens is 512 g/mol. The van der Waals surface area contributed by atoms with E-state index in [-0.39, 0.29) is 13.1 Å². The number of hydrogen-bond donors (Lipinski definition) is 2. The van der Waals surface area contributed by atoms with Gasteiger partial charge in [0.1, 0.15) is 0 Å². The second-order valence-electron chi connectivity index (χ2n) is 7.90. The Morgan fingerprint density at radius 1 is 1.10 bits per heavy atom. The second-order valence-corrected chi connectivity index (χ2v) is 7.90. The number of rotatable bonds is 19. The summed E-state index contributed by atoms with van der Waals surface area (Å²) in [5.74, 6) is -0.456. The van der Waals surface area contributed by atoms with Crippen LogP contribution in [0.5, 0.6) is 0 Å². The third-order valence-corrected chi connectivity index (χ3v) is 4.89. The van der Waals surface area contributed by atoms with Crippen LogP contribution in [0.15, 0.2) is 114 Å². The number of unbranched alkanes of at least 4 members (excludes halogenated alkanes) is 2. The van der Waals surface area contributed by atoms with E-state index in [0.717, 1.165) is 37.5 Å². The van der Waals surface area contributed by atoms with Crippen molar-refractivity contribution in [2.75, 3.05) is 20.2 Å². The standard InChI is InChI=1S/C30H38F4N2O3/c1-4-15-27(30(32,33)34)19-14-23-36-29(38)26(17-10-8-6-7-9-11-20-28(37)39-3)18-13-22-35-24-25(5-2)16-12-21-31/h4-6,8,12-19,21,24,28,37H,1-2,7,9-11,20,22-23H2,3H3,(H,36,38)/b8-6+,18-13-,19-14+,21-12+,25-16+,26-17+,27-15+,35-24?. The highest BCUT2D eigenvalue weighted by Crippen LogP contribution is 2.26. The highest BCUT2D eigenvalue weighted by molar-refractivity contribution is 5.96. The lowest BCUT2D eigenvalue weighted by Gasteiger charge is -2.07. The summed E-state index contributed by atoms with van der Waals surface area (Å²) >= 11 is 0. The number of aliphatic hydroxyl groups is 1. The Hall–Kier alpha value is -3.56. The average molecular weight is 551 g/mol.